The van der Waals surface area contributed by atoms with E-state index in [0.717, 1.165) is 24.7 Å². The summed E-state index contributed by atoms with van der Waals surface area (Å²) in [6.45, 7) is 3.74. The van der Waals surface area contributed by atoms with E-state index in [1.165, 1.54) is 23.8 Å². The minimum atomic E-state index is -0.0834. The maximum atomic E-state index is 12.3. The number of carbonyl (C=O) groups is 1. The van der Waals surface area contributed by atoms with Gasteiger partial charge in [-0.05, 0) is 35.9 Å². The summed E-state index contributed by atoms with van der Waals surface area (Å²) in [5, 5.41) is 19.8. The minimum Gasteiger partial charge on any atom is -0.508 e. The molecule has 0 aliphatic carbocycles. The van der Waals surface area contributed by atoms with Crippen LogP contribution in [-0.2, 0) is 11.3 Å². The fourth-order valence-electron chi connectivity index (χ4n) is 2.96. The number of hydrogen-bond donors (Lipinski definition) is 2. The van der Waals surface area contributed by atoms with Crippen molar-refractivity contribution in [3.05, 3.63) is 64.7 Å². The molecule has 0 radical (unpaired) electrons. The summed E-state index contributed by atoms with van der Waals surface area (Å²) in [6, 6.07) is 12.1. The van der Waals surface area contributed by atoms with Gasteiger partial charge in [-0.1, -0.05) is 23.7 Å². The third kappa shape index (κ3) is 4.77. The first-order valence-corrected chi connectivity index (χ1v) is 8.85. The third-order valence-corrected chi connectivity index (χ3v) is 4.63. The number of piperazine rings is 1. The molecule has 1 fully saturated rings. The van der Waals surface area contributed by atoms with Crippen molar-refractivity contribution in [2.75, 3.05) is 26.2 Å². The minimum absolute atomic E-state index is 0.0122. The van der Waals surface area contributed by atoms with Gasteiger partial charge in [0, 0.05) is 55.5 Å². The van der Waals surface area contributed by atoms with E-state index in [1.807, 2.05) is 18.2 Å². The predicted molar refractivity (Wildman–Crippen MR) is 102 cm³/mol. The largest absolute Gasteiger partial charge is 0.508 e. The van der Waals surface area contributed by atoms with Gasteiger partial charge < -0.3 is 15.1 Å². The molecule has 136 valence electrons. The van der Waals surface area contributed by atoms with Crippen molar-refractivity contribution in [2.45, 2.75) is 6.54 Å². The molecule has 3 rings (SSSR count). The lowest BCUT2D eigenvalue weighted by Gasteiger charge is -2.34. The Morgan fingerprint density at radius 2 is 1.85 bits per heavy atom. The predicted octanol–water partition coefficient (Wildman–Crippen LogP) is 3.11. The van der Waals surface area contributed by atoms with Gasteiger partial charge in [-0.3, -0.25) is 9.69 Å². The maximum Gasteiger partial charge on any atom is 0.246 e. The molecule has 0 unspecified atom stereocenters. The normalized spacial score (nSPS) is 15.5. The van der Waals surface area contributed by atoms with Crippen LogP contribution in [-0.4, -0.2) is 52.1 Å². The number of nitrogens with zero attached hydrogens (tertiary/aromatic N) is 2. The molecule has 1 saturated heterocycles. The first-order chi connectivity index (χ1) is 12.5. The van der Waals surface area contributed by atoms with Gasteiger partial charge in [0.2, 0.25) is 5.91 Å². The first-order valence-electron chi connectivity index (χ1n) is 8.47. The third-order valence-electron chi connectivity index (χ3n) is 4.40. The van der Waals surface area contributed by atoms with Gasteiger partial charge in [-0.2, -0.15) is 0 Å². The fraction of sp³-hybridized carbons (Fsp3) is 0.250. The molecule has 1 aliphatic rings. The van der Waals surface area contributed by atoms with Crippen molar-refractivity contribution in [1.29, 1.82) is 0 Å². The van der Waals surface area contributed by atoms with Crippen LogP contribution in [0.5, 0.6) is 11.5 Å². The van der Waals surface area contributed by atoms with Crippen LogP contribution >= 0.6 is 11.6 Å². The van der Waals surface area contributed by atoms with Crippen molar-refractivity contribution in [3.8, 4) is 11.5 Å². The Balaban J connectivity index is 1.52. The molecule has 2 aromatic carbocycles. The van der Waals surface area contributed by atoms with Gasteiger partial charge >= 0.3 is 0 Å². The summed E-state index contributed by atoms with van der Waals surface area (Å²) in [4.78, 5) is 16.4. The maximum absolute atomic E-state index is 12.3. The number of hydrogen-bond acceptors (Lipinski definition) is 4. The Labute approximate surface area is 157 Å². The molecule has 1 amide bonds. The van der Waals surface area contributed by atoms with E-state index in [4.69, 9.17) is 11.6 Å². The number of amides is 1. The number of benzene rings is 2. The SMILES string of the molecule is O=C(/C=C/c1ccc(O)cc1O)N1CCN(Cc2cccc(Cl)c2)CC1. The summed E-state index contributed by atoms with van der Waals surface area (Å²) in [6.07, 6.45) is 3.02. The van der Waals surface area contributed by atoms with Crippen molar-refractivity contribution in [1.82, 2.24) is 9.80 Å². The second kappa shape index (κ2) is 8.25. The van der Waals surface area contributed by atoms with E-state index in [9.17, 15) is 15.0 Å². The lowest BCUT2D eigenvalue weighted by molar-refractivity contribution is -0.127. The van der Waals surface area contributed by atoms with Crippen LogP contribution in [0.4, 0.5) is 0 Å². The number of rotatable bonds is 4. The summed E-state index contributed by atoms with van der Waals surface area (Å²) >= 11 is 6.02. The van der Waals surface area contributed by atoms with Gasteiger partial charge in [0.25, 0.3) is 0 Å². The number of phenolic OH excluding ortho intramolecular Hbond substituents is 2. The first kappa shape index (κ1) is 18.3. The van der Waals surface area contributed by atoms with Crippen molar-refractivity contribution in [2.24, 2.45) is 0 Å². The van der Waals surface area contributed by atoms with E-state index in [0.29, 0.717) is 18.7 Å². The molecule has 0 aromatic heterocycles. The molecule has 5 nitrogen and oxygen atoms in total. The Hall–Kier alpha value is -2.50. The zero-order valence-corrected chi connectivity index (χ0v) is 15.1. The van der Waals surface area contributed by atoms with Gasteiger partial charge in [0.05, 0.1) is 0 Å². The standard InChI is InChI=1S/C20H21ClN2O3/c21-17-3-1-2-15(12-17)14-22-8-10-23(11-9-22)20(26)7-5-16-4-6-18(24)13-19(16)25/h1-7,12-13,24-25H,8-11,14H2/b7-5+. The molecule has 2 N–H and O–H groups in total. The van der Waals surface area contributed by atoms with Gasteiger partial charge in [-0.25, -0.2) is 0 Å². The zero-order valence-electron chi connectivity index (χ0n) is 14.3. The number of carbonyl (C=O) groups excluding carboxylic acids is 1. The molecule has 0 saturated carbocycles. The van der Waals surface area contributed by atoms with Crippen molar-refractivity contribution < 1.29 is 15.0 Å². The molecule has 1 heterocycles. The summed E-state index contributed by atoms with van der Waals surface area (Å²) in [5.41, 5.74) is 1.66. The van der Waals surface area contributed by atoms with E-state index < -0.39 is 0 Å². The van der Waals surface area contributed by atoms with Crippen LogP contribution < -0.4 is 0 Å². The second-order valence-corrected chi connectivity index (χ2v) is 6.74. The number of phenols is 2. The highest BCUT2D eigenvalue weighted by atomic mass is 35.5. The fourth-order valence-corrected chi connectivity index (χ4v) is 3.17. The highest BCUT2D eigenvalue weighted by Crippen LogP contribution is 2.23. The molecule has 0 bridgehead atoms. The van der Waals surface area contributed by atoms with Crippen LogP contribution in [0, 0.1) is 0 Å². The number of halogens is 1. The molecular formula is C20H21ClN2O3. The van der Waals surface area contributed by atoms with E-state index in [-0.39, 0.29) is 17.4 Å². The van der Waals surface area contributed by atoms with Crippen molar-refractivity contribution in [3.63, 3.8) is 0 Å². The molecule has 0 spiro atoms. The summed E-state index contributed by atoms with van der Waals surface area (Å²) in [5.74, 6) is -0.151. The van der Waals surface area contributed by atoms with Gasteiger partial charge in [0.1, 0.15) is 11.5 Å². The van der Waals surface area contributed by atoms with E-state index >= 15 is 0 Å². The van der Waals surface area contributed by atoms with Gasteiger partial charge in [0.15, 0.2) is 0 Å². The Kier molecular flexibility index (Phi) is 5.81. The van der Waals surface area contributed by atoms with Crippen LogP contribution in [0.2, 0.25) is 5.02 Å². The van der Waals surface area contributed by atoms with Crippen LogP contribution in [0.1, 0.15) is 11.1 Å². The van der Waals surface area contributed by atoms with Crippen LogP contribution in [0.15, 0.2) is 48.5 Å². The Morgan fingerprint density at radius 3 is 2.54 bits per heavy atom. The Bertz CT molecular complexity index is 814. The molecule has 0 atom stereocenters. The molecule has 2 aromatic rings. The van der Waals surface area contributed by atoms with Crippen LogP contribution in [0.3, 0.4) is 0 Å². The monoisotopic (exact) mass is 372 g/mol. The molecule has 1 aliphatic heterocycles. The molecule has 26 heavy (non-hydrogen) atoms. The smallest absolute Gasteiger partial charge is 0.246 e. The topological polar surface area (TPSA) is 64.0 Å². The summed E-state index contributed by atoms with van der Waals surface area (Å²) < 4.78 is 0. The van der Waals surface area contributed by atoms with E-state index in [2.05, 4.69) is 11.0 Å². The number of aromatic hydroxyl groups is 2. The lowest BCUT2D eigenvalue weighted by atomic mass is 10.1. The Morgan fingerprint density at radius 1 is 1.08 bits per heavy atom. The highest BCUT2D eigenvalue weighted by Gasteiger charge is 2.19. The highest BCUT2D eigenvalue weighted by molar-refractivity contribution is 6.30. The molecule has 6 heteroatoms. The average molecular weight is 373 g/mol. The lowest BCUT2D eigenvalue weighted by Crippen LogP contribution is -2.47. The quantitative estimate of drug-likeness (QED) is 0.809. The summed E-state index contributed by atoms with van der Waals surface area (Å²) in [7, 11) is 0. The average Bonchev–Trinajstić information content (AvgIpc) is 2.61. The van der Waals surface area contributed by atoms with Crippen LogP contribution in [0.25, 0.3) is 6.08 Å². The molecular weight excluding hydrogens is 352 g/mol. The van der Waals surface area contributed by atoms with Gasteiger partial charge in [-0.15, -0.1) is 0 Å². The zero-order chi connectivity index (χ0) is 18.5. The second-order valence-electron chi connectivity index (χ2n) is 6.31. The van der Waals surface area contributed by atoms with Crippen molar-refractivity contribution >= 4 is 23.6 Å². The van der Waals surface area contributed by atoms with E-state index in [1.54, 1.807) is 17.0 Å².